The Labute approximate surface area is 170 Å². The highest BCUT2D eigenvalue weighted by molar-refractivity contribution is 7.89. The average Bonchev–Trinajstić information content (AvgIpc) is 3.26. The van der Waals surface area contributed by atoms with Crippen LogP contribution in [-0.4, -0.2) is 47.9 Å². The minimum Gasteiger partial charge on any atom is -0.351 e. The van der Waals surface area contributed by atoms with Crippen molar-refractivity contribution in [2.75, 3.05) is 13.1 Å². The number of sulfonamides is 1. The van der Waals surface area contributed by atoms with Crippen LogP contribution in [0.15, 0.2) is 40.0 Å². The van der Waals surface area contributed by atoms with Gasteiger partial charge < -0.3 is 9.84 Å². The molecule has 1 saturated heterocycles. The summed E-state index contributed by atoms with van der Waals surface area (Å²) >= 11 is 0. The predicted octanol–water partition coefficient (Wildman–Crippen LogP) is 2.70. The molecular formula is C20H26N4O4S. The highest BCUT2D eigenvalue weighted by atomic mass is 32.2. The number of amides is 1. The van der Waals surface area contributed by atoms with Gasteiger partial charge in [-0.25, -0.2) is 8.42 Å². The number of rotatable bonds is 5. The second kappa shape index (κ2) is 8.62. The van der Waals surface area contributed by atoms with Gasteiger partial charge in [0.05, 0.1) is 5.69 Å². The second-order valence-corrected chi connectivity index (χ2v) is 9.75. The second-order valence-electron chi connectivity index (χ2n) is 7.82. The van der Waals surface area contributed by atoms with Gasteiger partial charge in [0.2, 0.25) is 15.8 Å². The van der Waals surface area contributed by atoms with E-state index < -0.39 is 10.0 Å². The van der Waals surface area contributed by atoms with Gasteiger partial charge in [-0.3, -0.25) is 9.78 Å². The number of aromatic nitrogens is 2. The van der Waals surface area contributed by atoms with Crippen molar-refractivity contribution >= 4 is 15.9 Å². The molecule has 2 aromatic rings. The lowest BCUT2D eigenvalue weighted by molar-refractivity contribution is 0.0890. The third-order valence-corrected chi connectivity index (χ3v) is 7.62. The van der Waals surface area contributed by atoms with Gasteiger partial charge in [0.25, 0.3) is 5.91 Å². The monoisotopic (exact) mass is 418 g/mol. The summed E-state index contributed by atoms with van der Waals surface area (Å²) in [6, 6.07) is 5.02. The van der Waals surface area contributed by atoms with Crippen LogP contribution in [0.5, 0.6) is 0 Å². The molecule has 0 spiro atoms. The molecule has 2 aliphatic rings. The summed E-state index contributed by atoms with van der Waals surface area (Å²) in [5.41, 5.74) is 0.630. The third-order valence-electron chi connectivity index (χ3n) is 5.77. The standard InChI is InChI=1S/C20H26N4O4S/c25-20(22-16-7-2-1-3-8-16)19-12-18(23-28-19)15-6-5-11-24(14-15)29(26,27)17-9-4-10-21-13-17/h4,9-10,12-13,15-16H,1-3,5-8,11,14H2,(H,22,25). The van der Waals surface area contributed by atoms with Crippen molar-refractivity contribution in [2.45, 2.75) is 61.8 Å². The fourth-order valence-corrected chi connectivity index (χ4v) is 5.63. The number of hydrogen-bond donors (Lipinski definition) is 1. The maximum absolute atomic E-state index is 12.9. The van der Waals surface area contributed by atoms with E-state index in [1.807, 2.05) is 0 Å². The van der Waals surface area contributed by atoms with Crippen LogP contribution in [0.2, 0.25) is 0 Å². The Morgan fingerprint density at radius 1 is 1.17 bits per heavy atom. The predicted molar refractivity (Wildman–Crippen MR) is 106 cm³/mol. The molecule has 0 bridgehead atoms. The fourth-order valence-electron chi connectivity index (χ4n) is 4.14. The lowest BCUT2D eigenvalue weighted by Crippen LogP contribution is -2.39. The van der Waals surface area contributed by atoms with Crippen LogP contribution < -0.4 is 5.32 Å². The zero-order chi connectivity index (χ0) is 20.3. The molecule has 1 aliphatic carbocycles. The van der Waals surface area contributed by atoms with Crippen LogP contribution in [0, 0.1) is 0 Å². The highest BCUT2D eigenvalue weighted by Gasteiger charge is 2.33. The normalized spacial score (nSPS) is 21.7. The molecule has 1 amide bonds. The first kappa shape index (κ1) is 20.0. The van der Waals surface area contributed by atoms with E-state index in [9.17, 15) is 13.2 Å². The zero-order valence-corrected chi connectivity index (χ0v) is 17.1. The van der Waals surface area contributed by atoms with Crippen molar-refractivity contribution in [3.05, 3.63) is 42.0 Å². The number of carbonyl (C=O) groups is 1. The Morgan fingerprint density at radius 3 is 2.76 bits per heavy atom. The first-order valence-corrected chi connectivity index (χ1v) is 11.7. The molecule has 1 atom stereocenters. The van der Waals surface area contributed by atoms with Crippen LogP contribution >= 0.6 is 0 Å². The minimum absolute atomic E-state index is 0.102. The topological polar surface area (TPSA) is 105 Å². The van der Waals surface area contributed by atoms with Crippen LogP contribution in [0.1, 0.15) is 67.1 Å². The lowest BCUT2D eigenvalue weighted by atomic mass is 9.95. The molecule has 0 radical (unpaired) electrons. The van der Waals surface area contributed by atoms with Gasteiger partial charge in [-0.15, -0.1) is 0 Å². The molecule has 1 N–H and O–H groups in total. The molecule has 2 aromatic heterocycles. The number of nitrogens with zero attached hydrogens (tertiary/aromatic N) is 3. The van der Waals surface area contributed by atoms with Crippen LogP contribution in [-0.2, 0) is 10.0 Å². The summed E-state index contributed by atoms with van der Waals surface area (Å²) in [5, 5.41) is 7.09. The van der Waals surface area contributed by atoms with Crippen molar-refractivity contribution in [3.63, 3.8) is 0 Å². The summed E-state index contributed by atoms with van der Waals surface area (Å²) in [4.78, 5) is 16.6. The van der Waals surface area contributed by atoms with Crippen LogP contribution in [0.25, 0.3) is 0 Å². The van der Waals surface area contributed by atoms with E-state index in [4.69, 9.17) is 4.52 Å². The molecular weight excluding hydrogens is 392 g/mol. The summed E-state index contributed by atoms with van der Waals surface area (Å²) in [5.74, 6) is -0.153. The molecule has 3 heterocycles. The molecule has 156 valence electrons. The Balaban J connectivity index is 1.43. The van der Waals surface area contributed by atoms with E-state index in [1.165, 1.54) is 16.9 Å². The number of carbonyl (C=O) groups excluding carboxylic acids is 1. The van der Waals surface area contributed by atoms with Gasteiger partial charge in [0.15, 0.2) is 0 Å². The summed E-state index contributed by atoms with van der Waals surface area (Å²) in [6.07, 6.45) is 9.92. The number of nitrogens with one attached hydrogen (secondary N) is 1. The number of piperidine rings is 1. The largest absolute Gasteiger partial charge is 0.351 e. The smallest absolute Gasteiger partial charge is 0.290 e. The molecule has 1 saturated carbocycles. The Kier molecular flexibility index (Phi) is 5.96. The van der Waals surface area contributed by atoms with Crippen molar-refractivity contribution in [3.8, 4) is 0 Å². The number of hydrogen-bond acceptors (Lipinski definition) is 6. The molecule has 4 rings (SSSR count). The Morgan fingerprint density at radius 2 is 2.00 bits per heavy atom. The van der Waals surface area contributed by atoms with Crippen molar-refractivity contribution in [1.82, 2.24) is 19.8 Å². The van der Waals surface area contributed by atoms with Gasteiger partial charge in [-0.1, -0.05) is 24.4 Å². The molecule has 1 unspecified atom stereocenters. The van der Waals surface area contributed by atoms with Gasteiger partial charge in [-0.2, -0.15) is 4.31 Å². The van der Waals surface area contributed by atoms with Gasteiger partial charge in [0.1, 0.15) is 4.90 Å². The van der Waals surface area contributed by atoms with Crippen LogP contribution in [0.4, 0.5) is 0 Å². The summed E-state index contributed by atoms with van der Waals surface area (Å²) in [7, 11) is -3.60. The van der Waals surface area contributed by atoms with E-state index in [2.05, 4.69) is 15.5 Å². The van der Waals surface area contributed by atoms with E-state index in [-0.39, 0.29) is 28.5 Å². The van der Waals surface area contributed by atoms with Crippen molar-refractivity contribution < 1.29 is 17.7 Å². The summed E-state index contributed by atoms with van der Waals surface area (Å²) in [6.45, 7) is 0.772. The van der Waals surface area contributed by atoms with Crippen molar-refractivity contribution in [1.29, 1.82) is 0 Å². The van der Waals surface area contributed by atoms with Crippen LogP contribution in [0.3, 0.4) is 0 Å². The number of pyridine rings is 1. The maximum atomic E-state index is 12.9. The molecule has 8 nitrogen and oxygen atoms in total. The first-order chi connectivity index (χ1) is 14.0. The summed E-state index contributed by atoms with van der Waals surface area (Å²) < 4.78 is 32.5. The van der Waals surface area contributed by atoms with Gasteiger partial charge >= 0.3 is 0 Å². The fraction of sp³-hybridized carbons (Fsp3) is 0.550. The minimum atomic E-state index is -3.60. The van der Waals surface area contributed by atoms with Gasteiger partial charge in [-0.05, 0) is 37.8 Å². The molecule has 0 aromatic carbocycles. The molecule has 1 aliphatic heterocycles. The average molecular weight is 419 g/mol. The van der Waals surface area contributed by atoms with Gasteiger partial charge in [0, 0.05) is 43.5 Å². The van der Waals surface area contributed by atoms with Crippen molar-refractivity contribution in [2.24, 2.45) is 0 Å². The Hall–Kier alpha value is -2.26. The quantitative estimate of drug-likeness (QED) is 0.800. The Bertz CT molecular complexity index is 938. The zero-order valence-electron chi connectivity index (χ0n) is 16.3. The highest BCUT2D eigenvalue weighted by Crippen LogP contribution is 2.30. The first-order valence-electron chi connectivity index (χ1n) is 10.2. The third kappa shape index (κ3) is 4.51. The SMILES string of the molecule is O=C(NC1CCCCC1)c1cc(C2CCCN(S(=O)(=O)c3cccnc3)C2)no1. The molecule has 29 heavy (non-hydrogen) atoms. The van der Waals surface area contributed by atoms with E-state index >= 15 is 0 Å². The maximum Gasteiger partial charge on any atom is 0.290 e. The molecule has 9 heteroatoms. The molecule has 2 fully saturated rings. The van der Waals surface area contributed by atoms with E-state index in [1.54, 1.807) is 24.4 Å². The van der Waals surface area contributed by atoms with E-state index in [0.717, 1.165) is 38.5 Å². The van der Waals surface area contributed by atoms with E-state index in [0.29, 0.717) is 18.8 Å². The lowest BCUT2D eigenvalue weighted by Gasteiger charge is -2.30.